The Kier molecular flexibility index (Phi) is 5.74. The van der Waals surface area contributed by atoms with E-state index in [1.165, 1.54) is 51.5 Å². The fraction of sp³-hybridized carbons (Fsp3) is 1.00. The lowest BCUT2D eigenvalue weighted by Crippen LogP contribution is -2.35. The number of rotatable bonds is 7. The lowest BCUT2D eigenvalue weighted by Gasteiger charge is -2.39. The second-order valence-electron chi connectivity index (χ2n) is 7.77. The van der Waals surface area contributed by atoms with Crippen molar-refractivity contribution in [3.05, 3.63) is 0 Å². The molecule has 0 heterocycles. The highest BCUT2D eigenvalue weighted by Gasteiger charge is 2.33. The van der Waals surface area contributed by atoms with E-state index in [2.05, 4.69) is 33.0 Å². The largest absolute Gasteiger partial charge is 0.314 e. The van der Waals surface area contributed by atoms with E-state index in [4.69, 9.17) is 0 Å². The van der Waals surface area contributed by atoms with Gasteiger partial charge in [0.1, 0.15) is 0 Å². The molecule has 0 aromatic carbocycles. The van der Waals surface area contributed by atoms with Crippen LogP contribution in [-0.4, -0.2) is 12.6 Å². The van der Waals surface area contributed by atoms with Crippen LogP contribution in [0.25, 0.3) is 0 Å². The quantitative estimate of drug-likeness (QED) is 0.693. The van der Waals surface area contributed by atoms with Crippen LogP contribution < -0.4 is 5.32 Å². The first-order valence-electron chi connectivity index (χ1n) is 8.83. The maximum atomic E-state index is 3.79. The molecule has 4 atom stereocenters. The van der Waals surface area contributed by atoms with Gasteiger partial charge in [0.2, 0.25) is 0 Å². The smallest absolute Gasteiger partial charge is 0.00683 e. The van der Waals surface area contributed by atoms with Crippen molar-refractivity contribution in [3.63, 3.8) is 0 Å². The summed E-state index contributed by atoms with van der Waals surface area (Å²) in [7, 11) is 0. The highest BCUT2D eigenvalue weighted by Crippen LogP contribution is 2.40. The lowest BCUT2D eigenvalue weighted by molar-refractivity contribution is 0.124. The molecule has 4 unspecified atom stereocenters. The maximum absolute atomic E-state index is 3.79. The van der Waals surface area contributed by atoms with Crippen LogP contribution in [0.15, 0.2) is 0 Å². The van der Waals surface area contributed by atoms with Crippen LogP contribution in [0, 0.1) is 29.6 Å². The molecule has 0 spiro atoms. The van der Waals surface area contributed by atoms with E-state index in [0.717, 1.165) is 35.6 Å². The first-order chi connectivity index (χ1) is 9.10. The van der Waals surface area contributed by atoms with E-state index < -0.39 is 0 Å². The minimum atomic E-state index is 0.882. The van der Waals surface area contributed by atoms with Crippen molar-refractivity contribution >= 4 is 0 Å². The van der Waals surface area contributed by atoms with Crippen molar-refractivity contribution in [2.45, 2.75) is 78.7 Å². The highest BCUT2D eigenvalue weighted by atomic mass is 14.9. The maximum Gasteiger partial charge on any atom is 0.00683 e. The van der Waals surface area contributed by atoms with Gasteiger partial charge in [-0.3, -0.25) is 0 Å². The lowest BCUT2D eigenvalue weighted by atomic mass is 9.68. The first kappa shape index (κ1) is 15.4. The third-order valence-electron chi connectivity index (χ3n) is 5.77. The molecule has 0 aliphatic heterocycles. The molecule has 0 radical (unpaired) electrons. The summed E-state index contributed by atoms with van der Waals surface area (Å²) in [6, 6.07) is 0.882. The minimum absolute atomic E-state index is 0.882. The summed E-state index contributed by atoms with van der Waals surface area (Å²) < 4.78 is 0. The summed E-state index contributed by atoms with van der Waals surface area (Å²) in [5.74, 6) is 4.74. The molecule has 1 N–H and O–H groups in total. The zero-order chi connectivity index (χ0) is 13.8. The molecule has 0 amide bonds. The molecule has 0 aromatic heterocycles. The van der Waals surface area contributed by atoms with Crippen LogP contribution in [0.2, 0.25) is 0 Å². The van der Waals surface area contributed by atoms with Gasteiger partial charge in [-0.1, -0.05) is 34.1 Å². The van der Waals surface area contributed by atoms with Gasteiger partial charge in [-0.05, 0) is 74.7 Å². The van der Waals surface area contributed by atoms with Crippen molar-refractivity contribution < 1.29 is 0 Å². The number of hydrogen-bond donors (Lipinski definition) is 1. The van der Waals surface area contributed by atoms with E-state index in [1.54, 1.807) is 0 Å². The van der Waals surface area contributed by atoms with Gasteiger partial charge >= 0.3 is 0 Å². The molecule has 1 heteroatoms. The Morgan fingerprint density at radius 3 is 2.32 bits per heavy atom. The number of nitrogens with one attached hydrogen (secondary N) is 1. The molecule has 112 valence electrons. The molecular weight excluding hydrogens is 230 g/mol. The summed E-state index contributed by atoms with van der Waals surface area (Å²) in [6.45, 7) is 11.0. The second-order valence-corrected chi connectivity index (χ2v) is 7.77. The van der Waals surface area contributed by atoms with Crippen LogP contribution in [0.1, 0.15) is 72.6 Å². The summed E-state index contributed by atoms with van der Waals surface area (Å²) in [6.07, 6.45) is 10.1. The van der Waals surface area contributed by atoms with Crippen LogP contribution in [0.3, 0.4) is 0 Å². The van der Waals surface area contributed by atoms with Crippen molar-refractivity contribution in [2.75, 3.05) is 6.54 Å². The molecular formula is C18H35N. The van der Waals surface area contributed by atoms with Gasteiger partial charge in [0.15, 0.2) is 0 Å². The van der Waals surface area contributed by atoms with E-state index in [0.29, 0.717) is 0 Å². The van der Waals surface area contributed by atoms with E-state index in [-0.39, 0.29) is 0 Å². The standard InChI is InChI=1S/C18H35N/c1-5-14(4)10-17-11-15(13(2)3)6-7-16(17)12-19-18-8-9-18/h13-19H,5-12H2,1-4H3. The predicted octanol–water partition coefficient (Wildman–Crippen LogP) is 4.86. The van der Waals surface area contributed by atoms with Crippen LogP contribution in [0.5, 0.6) is 0 Å². The van der Waals surface area contributed by atoms with E-state index >= 15 is 0 Å². The molecule has 2 rings (SSSR count). The Bertz CT molecular complexity index is 256. The zero-order valence-electron chi connectivity index (χ0n) is 13.6. The molecule has 0 bridgehead atoms. The summed E-state index contributed by atoms with van der Waals surface area (Å²) in [5, 5.41) is 3.79. The Morgan fingerprint density at radius 2 is 1.74 bits per heavy atom. The normalized spacial score (nSPS) is 33.6. The third-order valence-corrected chi connectivity index (χ3v) is 5.77. The number of hydrogen-bond acceptors (Lipinski definition) is 1. The van der Waals surface area contributed by atoms with Crippen LogP contribution >= 0.6 is 0 Å². The SMILES string of the molecule is CCC(C)CC1CC(C(C)C)CCC1CNC1CC1. The summed E-state index contributed by atoms with van der Waals surface area (Å²) in [4.78, 5) is 0. The summed E-state index contributed by atoms with van der Waals surface area (Å²) >= 11 is 0. The van der Waals surface area contributed by atoms with Crippen LogP contribution in [-0.2, 0) is 0 Å². The Balaban J connectivity index is 1.86. The topological polar surface area (TPSA) is 12.0 Å². The third kappa shape index (κ3) is 4.77. The molecule has 0 aromatic rings. The first-order valence-corrected chi connectivity index (χ1v) is 8.83. The molecule has 19 heavy (non-hydrogen) atoms. The molecule has 2 aliphatic carbocycles. The van der Waals surface area contributed by atoms with Gasteiger partial charge in [0.25, 0.3) is 0 Å². The molecule has 0 saturated heterocycles. The van der Waals surface area contributed by atoms with Crippen molar-refractivity contribution in [1.82, 2.24) is 5.32 Å². The van der Waals surface area contributed by atoms with Gasteiger partial charge in [0.05, 0.1) is 0 Å². The second kappa shape index (κ2) is 7.11. The van der Waals surface area contributed by atoms with Gasteiger partial charge in [0, 0.05) is 6.04 Å². The predicted molar refractivity (Wildman–Crippen MR) is 84.3 cm³/mol. The van der Waals surface area contributed by atoms with Gasteiger partial charge in [-0.15, -0.1) is 0 Å². The summed E-state index contributed by atoms with van der Waals surface area (Å²) in [5.41, 5.74) is 0. The zero-order valence-corrected chi connectivity index (χ0v) is 13.6. The average Bonchev–Trinajstić information content (AvgIpc) is 3.20. The van der Waals surface area contributed by atoms with Crippen molar-refractivity contribution in [3.8, 4) is 0 Å². The van der Waals surface area contributed by atoms with Gasteiger partial charge < -0.3 is 5.32 Å². The van der Waals surface area contributed by atoms with Gasteiger partial charge in [-0.25, -0.2) is 0 Å². The van der Waals surface area contributed by atoms with Crippen LogP contribution in [0.4, 0.5) is 0 Å². The molecule has 2 saturated carbocycles. The Morgan fingerprint density at radius 1 is 1.00 bits per heavy atom. The van der Waals surface area contributed by atoms with Crippen molar-refractivity contribution in [2.24, 2.45) is 29.6 Å². The average molecular weight is 265 g/mol. The minimum Gasteiger partial charge on any atom is -0.314 e. The Hall–Kier alpha value is -0.0400. The van der Waals surface area contributed by atoms with Gasteiger partial charge in [-0.2, -0.15) is 0 Å². The molecule has 2 fully saturated rings. The fourth-order valence-corrected chi connectivity index (χ4v) is 3.81. The van der Waals surface area contributed by atoms with E-state index in [1.807, 2.05) is 0 Å². The monoisotopic (exact) mass is 265 g/mol. The molecule has 1 nitrogen and oxygen atoms in total. The van der Waals surface area contributed by atoms with Crippen molar-refractivity contribution in [1.29, 1.82) is 0 Å². The van der Waals surface area contributed by atoms with E-state index in [9.17, 15) is 0 Å². The highest BCUT2D eigenvalue weighted by molar-refractivity contribution is 4.87. The Labute approximate surface area is 120 Å². The fourth-order valence-electron chi connectivity index (χ4n) is 3.81. The molecule has 2 aliphatic rings.